The third-order valence-corrected chi connectivity index (χ3v) is 3.83. The van der Waals surface area contributed by atoms with Crippen molar-refractivity contribution in [2.45, 2.75) is 26.2 Å². The summed E-state index contributed by atoms with van der Waals surface area (Å²) in [4.78, 5) is 22.1. The second-order valence-electron chi connectivity index (χ2n) is 5.12. The van der Waals surface area contributed by atoms with Gasteiger partial charge < -0.3 is 14.6 Å². The number of hydrogen-bond donors (Lipinski definition) is 1. The van der Waals surface area contributed by atoms with Crippen molar-refractivity contribution in [2.75, 3.05) is 26.3 Å². The molecule has 3 rings (SSSR count). The lowest BCUT2D eigenvalue weighted by Gasteiger charge is -2.31. The quantitative estimate of drug-likeness (QED) is 0.796. The highest BCUT2D eigenvalue weighted by Crippen LogP contribution is 2.25. The summed E-state index contributed by atoms with van der Waals surface area (Å²) in [6, 6.07) is 0. The van der Waals surface area contributed by atoms with Gasteiger partial charge in [0.1, 0.15) is 5.82 Å². The zero-order valence-corrected chi connectivity index (χ0v) is 10.7. The van der Waals surface area contributed by atoms with Crippen LogP contribution in [0, 0.1) is 12.8 Å². The van der Waals surface area contributed by atoms with Gasteiger partial charge in [-0.3, -0.25) is 4.79 Å². The smallest absolute Gasteiger partial charge is 0.226 e. The molecular formula is C13H19N3O2. The molecule has 1 N–H and O–H groups in total. The molecule has 1 aromatic heterocycles. The highest BCUT2D eigenvalue weighted by Gasteiger charge is 2.30. The lowest BCUT2D eigenvalue weighted by molar-refractivity contribution is -0.140. The molecule has 0 saturated carbocycles. The molecule has 0 spiro atoms. The molecule has 5 nitrogen and oxygen atoms in total. The van der Waals surface area contributed by atoms with Crippen molar-refractivity contribution in [3.05, 3.63) is 17.2 Å². The Balaban J connectivity index is 1.69. The van der Waals surface area contributed by atoms with Gasteiger partial charge in [-0.1, -0.05) is 0 Å². The van der Waals surface area contributed by atoms with E-state index in [2.05, 4.69) is 9.97 Å². The van der Waals surface area contributed by atoms with Crippen molar-refractivity contribution in [3.8, 4) is 0 Å². The Morgan fingerprint density at radius 3 is 3.00 bits per heavy atom. The van der Waals surface area contributed by atoms with Crippen LogP contribution in [0.2, 0.25) is 0 Å². The molecule has 0 bridgehead atoms. The SMILES string of the molecule is Cc1nc2c([nH]1)CC(C(=O)N1CCOCC1)CC2. The largest absolute Gasteiger partial charge is 0.378 e. The van der Waals surface area contributed by atoms with Gasteiger partial charge in [-0.05, 0) is 19.8 Å². The summed E-state index contributed by atoms with van der Waals surface area (Å²) in [6.45, 7) is 4.80. The van der Waals surface area contributed by atoms with Gasteiger partial charge in [0.25, 0.3) is 0 Å². The van der Waals surface area contributed by atoms with Crippen LogP contribution >= 0.6 is 0 Å². The summed E-state index contributed by atoms with van der Waals surface area (Å²) in [5.41, 5.74) is 2.31. The monoisotopic (exact) mass is 249 g/mol. The summed E-state index contributed by atoms with van der Waals surface area (Å²) in [6.07, 6.45) is 2.65. The highest BCUT2D eigenvalue weighted by molar-refractivity contribution is 5.79. The number of aromatic nitrogens is 2. The van der Waals surface area contributed by atoms with Crippen LogP contribution in [-0.4, -0.2) is 47.1 Å². The minimum Gasteiger partial charge on any atom is -0.378 e. The average Bonchev–Trinajstić information content (AvgIpc) is 2.78. The molecule has 2 heterocycles. The van der Waals surface area contributed by atoms with Crippen LogP contribution in [-0.2, 0) is 22.4 Å². The fraction of sp³-hybridized carbons (Fsp3) is 0.692. The third-order valence-electron chi connectivity index (χ3n) is 3.83. The minimum atomic E-state index is 0.121. The van der Waals surface area contributed by atoms with Gasteiger partial charge in [0.05, 0.1) is 18.9 Å². The molecule has 1 saturated heterocycles. The van der Waals surface area contributed by atoms with Crippen molar-refractivity contribution in [2.24, 2.45) is 5.92 Å². The van der Waals surface area contributed by atoms with Crippen molar-refractivity contribution in [1.29, 1.82) is 0 Å². The molecule has 1 amide bonds. The molecule has 2 aliphatic rings. The molecule has 1 aliphatic heterocycles. The molecule has 18 heavy (non-hydrogen) atoms. The van der Waals surface area contributed by atoms with Gasteiger partial charge in [0.2, 0.25) is 5.91 Å². The van der Waals surface area contributed by atoms with Crippen molar-refractivity contribution in [3.63, 3.8) is 0 Å². The van der Waals surface area contributed by atoms with Crippen LogP contribution < -0.4 is 0 Å². The Bertz CT molecular complexity index is 449. The first-order valence-electron chi connectivity index (χ1n) is 6.65. The maximum Gasteiger partial charge on any atom is 0.226 e. The summed E-state index contributed by atoms with van der Waals surface area (Å²) in [5.74, 6) is 1.37. The van der Waals surface area contributed by atoms with E-state index in [1.54, 1.807) is 0 Å². The Kier molecular flexibility index (Phi) is 3.07. The molecular weight excluding hydrogens is 230 g/mol. The third kappa shape index (κ3) is 2.14. The molecule has 0 radical (unpaired) electrons. The number of aryl methyl sites for hydroxylation is 2. The number of imidazole rings is 1. The van der Waals surface area contributed by atoms with Gasteiger partial charge in [0, 0.05) is 31.1 Å². The van der Waals surface area contributed by atoms with E-state index >= 15 is 0 Å². The van der Waals surface area contributed by atoms with Gasteiger partial charge >= 0.3 is 0 Å². The second kappa shape index (κ2) is 4.72. The first-order chi connectivity index (χ1) is 8.74. The number of morpholine rings is 1. The topological polar surface area (TPSA) is 58.2 Å². The Labute approximate surface area is 107 Å². The first-order valence-corrected chi connectivity index (χ1v) is 6.65. The number of ether oxygens (including phenoxy) is 1. The lowest BCUT2D eigenvalue weighted by atomic mass is 9.88. The standard InChI is InChI=1S/C13H19N3O2/c1-9-14-11-3-2-10(8-12(11)15-9)13(17)16-4-6-18-7-5-16/h10H,2-8H2,1H3,(H,14,15). The van der Waals surface area contributed by atoms with Crippen LogP contribution in [0.4, 0.5) is 0 Å². The van der Waals surface area contributed by atoms with E-state index in [4.69, 9.17) is 4.74 Å². The number of nitrogens with one attached hydrogen (secondary N) is 1. The highest BCUT2D eigenvalue weighted by atomic mass is 16.5. The van der Waals surface area contributed by atoms with Crippen LogP contribution in [0.3, 0.4) is 0 Å². The number of rotatable bonds is 1. The molecule has 1 unspecified atom stereocenters. The minimum absolute atomic E-state index is 0.121. The van der Waals surface area contributed by atoms with Gasteiger partial charge in [-0.2, -0.15) is 0 Å². The van der Waals surface area contributed by atoms with Gasteiger partial charge in [-0.25, -0.2) is 4.98 Å². The van der Waals surface area contributed by atoms with Crippen LogP contribution in [0.1, 0.15) is 23.6 Å². The fourth-order valence-corrected chi connectivity index (χ4v) is 2.88. The number of nitrogens with zero attached hydrogens (tertiary/aromatic N) is 2. The summed E-state index contributed by atoms with van der Waals surface area (Å²) < 4.78 is 5.29. The number of carbonyl (C=O) groups excluding carboxylic acids is 1. The molecule has 1 fully saturated rings. The Morgan fingerprint density at radius 1 is 1.44 bits per heavy atom. The zero-order chi connectivity index (χ0) is 12.5. The fourth-order valence-electron chi connectivity index (χ4n) is 2.88. The first kappa shape index (κ1) is 11.7. The number of carbonyl (C=O) groups is 1. The molecule has 5 heteroatoms. The van der Waals surface area contributed by atoms with Crippen molar-refractivity contribution < 1.29 is 9.53 Å². The summed E-state index contributed by atoms with van der Waals surface area (Å²) in [5, 5.41) is 0. The van der Waals surface area contributed by atoms with E-state index in [1.807, 2.05) is 11.8 Å². The number of hydrogen-bond acceptors (Lipinski definition) is 3. The molecule has 98 valence electrons. The maximum absolute atomic E-state index is 12.4. The lowest BCUT2D eigenvalue weighted by Crippen LogP contribution is -2.44. The van der Waals surface area contributed by atoms with Crippen LogP contribution in [0.5, 0.6) is 0 Å². The van der Waals surface area contributed by atoms with E-state index < -0.39 is 0 Å². The average molecular weight is 249 g/mol. The summed E-state index contributed by atoms with van der Waals surface area (Å²) in [7, 11) is 0. The Hall–Kier alpha value is -1.36. The number of H-pyrrole nitrogens is 1. The van der Waals surface area contributed by atoms with Gasteiger partial charge in [0.15, 0.2) is 0 Å². The number of amides is 1. The molecule has 1 aromatic rings. The predicted octanol–water partition coefficient (Wildman–Crippen LogP) is 0.682. The van der Waals surface area contributed by atoms with E-state index in [1.165, 1.54) is 0 Å². The zero-order valence-electron chi connectivity index (χ0n) is 10.7. The number of aromatic amines is 1. The predicted molar refractivity (Wildman–Crippen MR) is 66.2 cm³/mol. The van der Waals surface area contributed by atoms with Crippen LogP contribution in [0.25, 0.3) is 0 Å². The number of fused-ring (bicyclic) bond motifs is 1. The second-order valence-corrected chi connectivity index (χ2v) is 5.12. The normalized spacial score (nSPS) is 23.8. The maximum atomic E-state index is 12.4. The van der Waals surface area contributed by atoms with Gasteiger partial charge in [-0.15, -0.1) is 0 Å². The van der Waals surface area contributed by atoms with Crippen LogP contribution in [0.15, 0.2) is 0 Å². The molecule has 1 atom stereocenters. The van der Waals surface area contributed by atoms with Crippen molar-refractivity contribution >= 4 is 5.91 Å². The van der Waals surface area contributed by atoms with E-state index in [0.717, 1.165) is 49.6 Å². The van der Waals surface area contributed by atoms with E-state index in [0.29, 0.717) is 13.2 Å². The van der Waals surface area contributed by atoms with E-state index in [-0.39, 0.29) is 11.8 Å². The van der Waals surface area contributed by atoms with Crippen molar-refractivity contribution in [1.82, 2.24) is 14.9 Å². The Morgan fingerprint density at radius 2 is 2.22 bits per heavy atom. The molecule has 0 aromatic carbocycles. The molecule has 1 aliphatic carbocycles. The van der Waals surface area contributed by atoms with E-state index in [9.17, 15) is 4.79 Å². The summed E-state index contributed by atoms with van der Waals surface area (Å²) >= 11 is 0.